The van der Waals surface area contributed by atoms with Crippen molar-refractivity contribution in [3.05, 3.63) is 122 Å². The number of hydrogen-bond acceptors (Lipinski definition) is 4. The van der Waals surface area contributed by atoms with Gasteiger partial charge in [-0.15, -0.1) is 0 Å². The van der Waals surface area contributed by atoms with Gasteiger partial charge in [0.2, 0.25) is 0 Å². The van der Waals surface area contributed by atoms with Crippen LogP contribution in [-0.2, 0) is 0 Å². The molecule has 0 aliphatic carbocycles. The van der Waals surface area contributed by atoms with E-state index in [2.05, 4.69) is 67.3 Å². The third kappa shape index (κ3) is 5.25. The van der Waals surface area contributed by atoms with Crippen LogP contribution in [-0.4, -0.2) is 37.6 Å². The minimum Gasteiger partial charge on any atom is -1.00 e. The third-order valence-corrected chi connectivity index (χ3v) is 7.95. The molecular formula is C36H32Cl2N4O4. The molecule has 0 aliphatic rings. The van der Waals surface area contributed by atoms with Crippen LogP contribution in [0.4, 0.5) is 0 Å². The van der Waals surface area contributed by atoms with Gasteiger partial charge in [0.15, 0.2) is 67.8 Å². The fourth-order valence-electron chi connectivity index (χ4n) is 5.89. The number of rotatable bonds is 8. The summed E-state index contributed by atoms with van der Waals surface area (Å²) in [6.07, 6.45) is 4.17. The van der Waals surface area contributed by atoms with Gasteiger partial charge in [0.25, 0.3) is 12.7 Å². The zero-order valence-electron chi connectivity index (χ0n) is 25.7. The summed E-state index contributed by atoms with van der Waals surface area (Å²) in [6.45, 7) is 0. The molecule has 0 saturated heterocycles. The number of aromatic nitrogens is 4. The molecule has 2 aromatic heterocycles. The van der Waals surface area contributed by atoms with Gasteiger partial charge in [0.1, 0.15) is 0 Å². The monoisotopic (exact) mass is 654 g/mol. The highest BCUT2D eigenvalue weighted by Crippen LogP contribution is 2.33. The van der Waals surface area contributed by atoms with Gasteiger partial charge in [0, 0.05) is 12.1 Å². The second kappa shape index (κ2) is 13.4. The molecule has 0 saturated carbocycles. The normalized spacial score (nSPS) is 10.7. The van der Waals surface area contributed by atoms with E-state index in [1.165, 1.54) is 0 Å². The Labute approximate surface area is 279 Å². The molecule has 234 valence electrons. The first-order valence-electron chi connectivity index (χ1n) is 14.2. The average Bonchev–Trinajstić information content (AvgIpc) is 3.65. The highest BCUT2D eigenvalue weighted by Gasteiger charge is 2.30. The molecule has 0 aliphatic heterocycles. The molecule has 0 atom stereocenters. The van der Waals surface area contributed by atoms with E-state index in [0.29, 0.717) is 0 Å². The van der Waals surface area contributed by atoms with Crippen LogP contribution in [0.2, 0.25) is 0 Å². The summed E-state index contributed by atoms with van der Waals surface area (Å²) in [5.74, 6) is 3.06. The van der Waals surface area contributed by atoms with Crippen molar-refractivity contribution in [1.82, 2.24) is 9.13 Å². The van der Waals surface area contributed by atoms with Crippen LogP contribution in [0, 0.1) is 0 Å². The summed E-state index contributed by atoms with van der Waals surface area (Å²) in [5, 5.41) is 0. The molecule has 0 fully saturated rings. The maximum Gasteiger partial charge on any atom is 0.255 e. The lowest BCUT2D eigenvalue weighted by molar-refractivity contribution is -0.572. The average molecular weight is 656 g/mol. The fraction of sp³-hybridized carbons (Fsp3) is 0.111. The number of halogens is 2. The third-order valence-electron chi connectivity index (χ3n) is 7.95. The van der Waals surface area contributed by atoms with Crippen molar-refractivity contribution in [2.75, 3.05) is 28.4 Å². The van der Waals surface area contributed by atoms with E-state index in [0.717, 1.165) is 67.8 Å². The molecule has 0 radical (unpaired) electrons. The second-order valence-electron chi connectivity index (χ2n) is 10.2. The summed E-state index contributed by atoms with van der Waals surface area (Å²) in [6, 6.07) is 36.5. The summed E-state index contributed by atoms with van der Waals surface area (Å²) < 4.78 is 31.9. The Kier molecular flexibility index (Phi) is 9.41. The van der Waals surface area contributed by atoms with Crippen LogP contribution >= 0.6 is 0 Å². The number of ether oxygens (including phenoxy) is 4. The molecule has 7 rings (SSSR count). The van der Waals surface area contributed by atoms with Gasteiger partial charge in [-0.25, -0.2) is 0 Å². The van der Waals surface area contributed by atoms with Crippen molar-refractivity contribution >= 4 is 22.1 Å². The lowest BCUT2D eigenvalue weighted by atomic mass is 10.2. The molecule has 0 bridgehead atoms. The van der Waals surface area contributed by atoms with Gasteiger partial charge < -0.3 is 43.8 Å². The van der Waals surface area contributed by atoms with Gasteiger partial charge >= 0.3 is 0 Å². The summed E-state index contributed by atoms with van der Waals surface area (Å²) in [7, 11) is 6.78. The van der Waals surface area contributed by atoms with Gasteiger partial charge in [-0.05, 0) is 48.5 Å². The maximum absolute atomic E-state index is 5.81. The SMILES string of the molecule is COc1ccccc1-n1c[n+](-c2ccccc2OC)c2cc3c(cc21)n(-c1ccccc1OC)c[n+]3-c1ccccc1OC.[Cl-].[Cl-]. The standard InChI is InChI=1S/C36H32N4O4.2ClH/c1-41-33-17-9-5-13-25(33)37-23-38(26-14-6-10-18-34(26)42-2)30-22-32-31(21-29(30)37)39(27-15-7-11-19-35(27)43-3)24-40(32)28-16-8-12-20-36(28)44-4;;/h5-24H,1-4H3;2*1H/q+2;;/p-2. The number of imidazole rings is 2. The van der Waals surface area contributed by atoms with Crippen molar-refractivity contribution in [1.29, 1.82) is 0 Å². The first-order valence-corrected chi connectivity index (χ1v) is 14.2. The van der Waals surface area contributed by atoms with E-state index in [1.54, 1.807) is 28.4 Å². The van der Waals surface area contributed by atoms with E-state index in [1.807, 2.05) is 72.8 Å². The maximum atomic E-state index is 5.81. The first kappa shape index (κ1) is 32.2. The highest BCUT2D eigenvalue weighted by atomic mass is 35.5. The van der Waals surface area contributed by atoms with E-state index in [9.17, 15) is 0 Å². The molecule has 7 aromatic rings. The zero-order valence-corrected chi connectivity index (χ0v) is 27.2. The Morgan fingerprint density at radius 2 is 0.783 bits per heavy atom. The number of benzene rings is 5. The topological polar surface area (TPSA) is 54.5 Å². The molecule has 0 N–H and O–H groups in total. The first-order chi connectivity index (χ1) is 21.7. The molecule has 8 nitrogen and oxygen atoms in total. The molecular weight excluding hydrogens is 623 g/mol. The van der Waals surface area contributed by atoms with E-state index in [4.69, 9.17) is 18.9 Å². The number of para-hydroxylation sites is 8. The van der Waals surface area contributed by atoms with Gasteiger partial charge in [-0.1, -0.05) is 48.5 Å². The summed E-state index contributed by atoms with van der Waals surface area (Å²) in [4.78, 5) is 0. The Balaban J connectivity index is 0.00000208. The van der Waals surface area contributed by atoms with Crippen LogP contribution in [0.1, 0.15) is 0 Å². The van der Waals surface area contributed by atoms with Gasteiger partial charge in [-0.2, -0.15) is 18.3 Å². The second-order valence-corrected chi connectivity index (χ2v) is 10.2. The predicted molar refractivity (Wildman–Crippen MR) is 169 cm³/mol. The summed E-state index contributed by atoms with van der Waals surface area (Å²) in [5.41, 5.74) is 7.59. The van der Waals surface area contributed by atoms with Crippen molar-refractivity contribution in [3.63, 3.8) is 0 Å². The van der Waals surface area contributed by atoms with E-state index in [-0.39, 0.29) is 24.8 Å². The van der Waals surface area contributed by atoms with Crippen LogP contribution in [0.3, 0.4) is 0 Å². The van der Waals surface area contributed by atoms with Gasteiger partial charge in [-0.3, -0.25) is 0 Å². The van der Waals surface area contributed by atoms with Crippen LogP contribution in [0.5, 0.6) is 23.0 Å². The van der Waals surface area contributed by atoms with Crippen molar-refractivity contribution in [3.8, 4) is 45.7 Å². The van der Waals surface area contributed by atoms with Crippen LogP contribution in [0.15, 0.2) is 122 Å². The molecule has 10 heteroatoms. The Morgan fingerprint density at radius 1 is 0.435 bits per heavy atom. The fourth-order valence-corrected chi connectivity index (χ4v) is 5.89. The molecule has 0 amide bonds. The molecule has 0 spiro atoms. The predicted octanol–water partition coefficient (Wildman–Crippen LogP) is 0.170. The van der Waals surface area contributed by atoms with Crippen molar-refractivity contribution in [2.24, 2.45) is 0 Å². The minimum absolute atomic E-state index is 0. The molecule has 5 aromatic carbocycles. The Morgan fingerprint density at radius 3 is 1.17 bits per heavy atom. The number of nitrogens with zero attached hydrogens (tertiary/aromatic N) is 4. The number of hydrogen-bond donors (Lipinski definition) is 0. The van der Waals surface area contributed by atoms with Gasteiger partial charge in [0.05, 0.1) is 28.4 Å². The van der Waals surface area contributed by atoms with Crippen LogP contribution in [0.25, 0.3) is 44.8 Å². The Bertz CT molecular complexity index is 1860. The Hall–Kier alpha value is -5.18. The molecule has 2 heterocycles. The summed E-state index contributed by atoms with van der Waals surface area (Å²) >= 11 is 0. The lowest BCUT2D eigenvalue weighted by Crippen LogP contribution is -3.00. The van der Waals surface area contributed by atoms with Crippen molar-refractivity contribution < 1.29 is 52.9 Å². The molecule has 0 unspecified atom stereocenters. The molecule has 46 heavy (non-hydrogen) atoms. The van der Waals surface area contributed by atoms with Crippen LogP contribution < -0.4 is 52.9 Å². The lowest BCUT2D eigenvalue weighted by Gasteiger charge is -2.05. The number of methoxy groups -OCH3 is 4. The van der Waals surface area contributed by atoms with Crippen molar-refractivity contribution in [2.45, 2.75) is 0 Å². The largest absolute Gasteiger partial charge is 1.00 e. The van der Waals surface area contributed by atoms with E-state index >= 15 is 0 Å². The zero-order chi connectivity index (χ0) is 30.2. The van der Waals surface area contributed by atoms with E-state index < -0.39 is 0 Å². The highest BCUT2D eigenvalue weighted by molar-refractivity contribution is 5.91. The smallest absolute Gasteiger partial charge is 0.255 e. The number of fused-ring (bicyclic) bond motifs is 2. The quantitative estimate of drug-likeness (QED) is 0.220. The minimum atomic E-state index is 0.